The molecule has 0 saturated heterocycles. The minimum absolute atomic E-state index is 0.0997. The molecule has 7 heteroatoms. The summed E-state index contributed by atoms with van der Waals surface area (Å²) in [4.78, 5) is 31.3. The average molecular weight is 363 g/mol. The number of aromatic amines is 1. The van der Waals surface area contributed by atoms with Crippen LogP contribution in [-0.4, -0.2) is 25.7 Å². The number of hydrogen-bond acceptors (Lipinski definition) is 4. The number of hydrogen-bond donors (Lipinski definition) is 2. The van der Waals surface area contributed by atoms with Gasteiger partial charge in [0.25, 0.3) is 5.56 Å². The third kappa shape index (κ3) is 4.13. The molecular weight excluding hydrogens is 342 g/mol. The minimum Gasteiger partial charge on any atom is -0.310 e. The number of aryl methyl sites for hydroxylation is 2. The average Bonchev–Trinajstić information content (AvgIpc) is 3.41. The van der Waals surface area contributed by atoms with Gasteiger partial charge in [0.1, 0.15) is 5.82 Å². The molecule has 1 fully saturated rings. The van der Waals surface area contributed by atoms with Gasteiger partial charge in [0, 0.05) is 30.2 Å². The maximum atomic E-state index is 12.5. The molecule has 2 heterocycles. The first-order valence-corrected chi connectivity index (χ1v) is 9.10. The number of carbonyl (C=O) groups excluding carboxylic acids is 1. The molecule has 2 N–H and O–H groups in total. The topological polar surface area (TPSA) is 92.7 Å². The van der Waals surface area contributed by atoms with E-state index in [1.165, 1.54) is 10.7 Å². The molecule has 0 atom stereocenters. The Morgan fingerprint density at radius 3 is 2.74 bits per heavy atom. The van der Waals surface area contributed by atoms with Crippen molar-refractivity contribution in [3.63, 3.8) is 0 Å². The largest absolute Gasteiger partial charge is 0.310 e. The SMILES string of the molecule is Cc1cc(=O)[nH]c(-n2nc(C3CC3)cc2NC(=O)CCc2ccccc2)n1. The highest BCUT2D eigenvalue weighted by Crippen LogP contribution is 2.40. The van der Waals surface area contributed by atoms with Gasteiger partial charge in [-0.1, -0.05) is 30.3 Å². The summed E-state index contributed by atoms with van der Waals surface area (Å²) in [6.45, 7) is 1.75. The van der Waals surface area contributed by atoms with Crippen LogP contribution in [0.15, 0.2) is 47.3 Å². The molecule has 1 aliphatic carbocycles. The van der Waals surface area contributed by atoms with Gasteiger partial charge >= 0.3 is 0 Å². The zero-order chi connectivity index (χ0) is 18.8. The first-order chi connectivity index (χ1) is 13.1. The monoisotopic (exact) mass is 363 g/mol. The molecule has 3 aromatic rings. The highest BCUT2D eigenvalue weighted by Gasteiger charge is 2.28. The van der Waals surface area contributed by atoms with Crippen LogP contribution in [0.25, 0.3) is 5.95 Å². The van der Waals surface area contributed by atoms with E-state index >= 15 is 0 Å². The molecular formula is C20H21N5O2. The quantitative estimate of drug-likeness (QED) is 0.704. The smallest absolute Gasteiger partial charge is 0.252 e. The molecule has 1 saturated carbocycles. The van der Waals surface area contributed by atoms with Crippen molar-refractivity contribution in [2.45, 2.75) is 38.5 Å². The maximum absolute atomic E-state index is 12.5. The number of nitrogens with one attached hydrogen (secondary N) is 2. The lowest BCUT2D eigenvalue weighted by molar-refractivity contribution is -0.116. The first-order valence-electron chi connectivity index (χ1n) is 9.10. The molecule has 0 spiro atoms. The zero-order valence-corrected chi connectivity index (χ0v) is 15.1. The second-order valence-electron chi connectivity index (χ2n) is 6.88. The van der Waals surface area contributed by atoms with Gasteiger partial charge in [-0.3, -0.25) is 14.6 Å². The Bertz CT molecular complexity index is 1020. The molecule has 0 radical (unpaired) electrons. The Morgan fingerprint density at radius 1 is 1.26 bits per heavy atom. The van der Waals surface area contributed by atoms with Crippen LogP contribution in [0.4, 0.5) is 5.82 Å². The second kappa shape index (κ2) is 7.19. The van der Waals surface area contributed by atoms with Crippen molar-refractivity contribution in [2.24, 2.45) is 0 Å². The molecule has 2 aromatic heterocycles. The number of H-pyrrole nitrogens is 1. The molecule has 0 aliphatic heterocycles. The minimum atomic E-state index is -0.248. The van der Waals surface area contributed by atoms with Gasteiger partial charge in [0.15, 0.2) is 0 Å². The lowest BCUT2D eigenvalue weighted by Crippen LogP contribution is -2.19. The summed E-state index contributed by atoms with van der Waals surface area (Å²) < 4.78 is 1.52. The summed E-state index contributed by atoms with van der Waals surface area (Å²) in [5, 5.41) is 7.49. The number of benzene rings is 1. The Morgan fingerprint density at radius 2 is 2.04 bits per heavy atom. The van der Waals surface area contributed by atoms with Crippen molar-refractivity contribution in [3.05, 3.63) is 69.8 Å². The molecule has 1 amide bonds. The fourth-order valence-corrected chi connectivity index (χ4v) is 3.00. The lowest BCUT2D eigenvalue weighted by Gasteiger charge is -2.08. The van der Waals surface area contributed by atoms with E-state index in [-0.39, 0.29) is 11.5 Å². The van der Waals surface area contributed by atoms with Crippen LogP contribution in [-0.2, 0) is 11.2 Å². The van der Waals surface area contributed by atoms with E-state index in [2.05, 4.69) is 20.4 Å². The molecule has 138 valence electrons. The Labute approximate surface area is 156 Å². The normalized spacial score (nSPS) is 13.5. The predicted octanol–water partition coefficient (Wildman–Crippen LogP) is 2.71. The molecule has 27 heavy (non-hydrogen) atoms. The Hall–Kier alpha value is -3.22. The van der Waals surface area contributed by atoms with Crippen molar-refractivity contribution < 1.29 is 4.79 Å². The third-order valence-electron chi connectivity index (χ3n) is 4.53. The third-order valence-corrected chi connectivity index (χ3v) is 4.53. The van der Waals surface area contributed by atoms with Crippen molar-refractivity contribution in [1.82, 2.24) is 19.7 Å². The summed E-state index contributed by atoms with van der Waals surface area (Å²) in [6.07, 6.45) is 3.22. The fraction of sp³-hybridized carbons (Fsp3) is 0.300. The van der Waals surface area contributed by atoms with Gasteiger partial charge in [0.05, 0.1) is 5.69 Å². The fourth-order valence-electron chi connectivity index (χ4n) is 3.00. The number of carbonyl (C=O) groups is 1. The van der Waals surface area contributed by atoms with Crippen LogP contribution in [0.5, 0.6) is 0 Å². The van der Waals surface area contributed by atoms with Gasteiger partial charge in [-0.25, -0.2) is 4.98 Å². The molecule has 4 rings (SSSR count). The molecule has 7 nitrogen and oxygen atoms in total. The highest BCUT2D eigenvalue weighted by molar-refractivity contribution is 5.90. The van der Waals surface area contributed by atoms with Crippen LogP contribution in [0.2, 0.25) is 0 Å². The number of rotatable bonds is 6. The lowest BCUT2D eigenvalue weighted by atomic mass is 10.1. The second-order valence-corrected chi connectivity index (χ2v) is 6.88. The van der Waals surface area contributed by atoms with Crippen molar-refractivity contribution in [2.75, 3.05) is 5.32 Å². The van der Waals surface area contributed by atoms with E-state index in [1.807, 2.05) is 36.4 Å². The van der Waals surface area contributed by atoms with Crippen LogP contribution >= 0.6 is 0 Å². The summed E-state index contributed by atoms with van der Waals surface area (Å²) in [5.41, 5.74) is 2.38. The Kier molecular flexibility index (Phi) is 4.58. The van der Waals surface area contributed by atoms with Crippen LogP contribution in [0.1, 0.15) is 42.1 Å². The number of aromatic nitrogens is 4. The van der Waals surface area contributed by atoms with E-state index in [1.54, 1.807) is 6.92 Å². The van der Waals surface area contributed by atoms with Gasteiger partial charge < -0.3 is 5.32 Å². The number of nitrogens with zero attached hydrogens (tertiary/aromatic N) is 3. The van der Waals surface area contributed by atoms with Crippen LogP contribution in [0.3, 0.4) is 0 Å². The summed E-state index contributed by atoms with van der Waals surface area (Å²) >= 11 is 0. The zero-order valence-electron chi connectivity index (χ0n) is 15.1. The van der Waals surface area contributed by atoms with Crippen LogP contribution in [0, 0.1) is 6.92 Å². The van der Waals surface area contributed by atoms with Gasteiger partial charge in [-0.05, 0) is 31.7 Å². The van der Waals surface area contributed by atoms with Crippen molar-refractivity contribution in [1.29, 1.82) is 0 Å². The van der Waals surface area contributed by atoms with E-state index in [9.17, 15) is 9.59 Å². The van der Waals surface area contributed by atoms with Gasteiger partial charge in [0.2, 0.25) is 11.9 Å². The maximum Gasteiger partial charge on any atom is 0.252 e. The van der Waals surface area contributed by atoms with E-state index < -0.39 is 0 Å². The van der Waals surface area contributed by atoms with Crippen molar-refractivity contribution >= 4 is 11.7 Å². The van der Waals surface area contributed by atoms with Gasteiger partial charge in [-0.2, -0.15) is 9.78 Å². The van der Waals surface area contributed by atoms with E-state index in [4.69, 9.17) is 0 Å². The Balaban J connectivity index is 1.56. The molecule has 1 aliphatic rings. The molecule has 0 bridgehead atoms. The van der Waals surface area contributed by atoms with Crippen LogP contribution < -0.4 is 10.9 Å². The van der Waals surface area contributed by atoms with Crippen molar-refractivity contribution in [3.8, 4) is 5.95 Å². The number of amides is 1. The summed E-state index contributed by atoms with van der Waals surface area (Å²) in [5.74, 6) is 1.16. The molecule has 1 aromatic carbocycles. The first kappa shape index (κ1) is 17.2. The van der Waals surface area contributed by atoms with E-state index in [0.29, 0.717) is 36.2 Å². The summed E-state index contributed by atoms with van der Waals surface area (Å²) in [6, 6.07) is 13.2. The standard InChI is InChI=1S/C20H21N5O2/c1-13-11-19(27)23-20(21-13)25-17(12-16(24-25)15-8-9-15)22-18(26)10-7-14-5-3-2-4-6-14/h2-6,11-12,15H,7-10H2,1H3,(H,22,26)(H,21,23,27). The summed E-state index contributed by atoms with van der Waals surface area (Å²) in [7, 11) is 0. The molecule has 0 unspecified atom stereocenters. The van der Waals surface area contributed by atoms with Gasteiger partial charge in [-0.15, -0.1) is 0 Å². The predicted molar refractivity (Wildman–Crippen MR) is 102 cm³/mol. The van der Waals surface area contributed by atoms with E-state index in [0.717, 1.165) is 24.1 Å². The number of anilines is 1. The highest BCUT2D eigenvalue weighted by atomic mass is 16.1.